The van der Waals surface area contributed by atoms with Crippen LogP contribution in [0.15, 0.2) is 42.5 Å². The number of anilines is 2. The van der Waals surface area contributed by atoms with Gasteiger partial charge in [-0.05, 0) is 29.8 Å². The first-order chi connectivity index (χ1) is 9.61. The number of nitrogens with one attached hydrogen (secondary N) is 1. The fourth-order valence-corrected chi connectivity index (χ4v) is 1.85. The molecule has 2 aromatic carbocycles. The van der Waals surface area contributed by atoms with Gasteiger partial charge in [-0.25, -0.2) is 0 Å². The van der Waals surface area contributed by atoms with Gasteiger partial charge in [0.2, 0.25) is 0 Å². The molecule has 0 saturated carbocycles. The predicted molar refractivity (Wildman–Crippen MR) is 77.6 cm³/mol. The molecular formula is C15H16N2O3. The Morgan fingerprint density at radius 1 is 1.30 bits per heavy atom. The molecule has 2 aromatic rings. The van der Waals surface area contributed by atoms with E-state index >= 15 is 0 Å². The molecule has 0 fully saturated rings. The number of amides is 1. The molecule has 0 radical (unpaired) electrons. The lowest BCUT2D eigenvalue weighted by Gasteiger charge is -2.09. The van der Waals surface area contributed by atoms with Crippen LogP contribution in [0, 0.1) is 0 Å². The second-order valence-corrected chi connectivity index (χ2v) is 4.33. The third-order valence-electron chi connectivity index (χ3n) is 2.81. The van der Waals surface area contributed by atoms with Gasteiger partial charge in [0, 0.05) is 12.8 Å². The first-order valence-corrected chi connectivity index (χ1v) is 6.08. The van der Waals surface area contributed by atoms with Crippen molar-refractivity contribution in [3.63, 3.8) is 0 Å². The topological polar surface area (TPSA) is 84.6 Å². The Hall–Kier alpha value is -2.53. The predicted octanol–water partition coefficient (Wildman–Crippen LogP) is 2.37. The van der Waals surface area contributed by atoms with Crippen LogP contribution < -0.4 is 11.1 Å². The molecule has 4 N–H and O–H groups in total. The van der Waals surface area contributed by atoms with Crippen molar-refractivity contribution in [1.82, 2.24) is 0 Å². The van der Waals surface area contributed by atoms with Crippen LogP contribution in [0.25, 0.3) is 0 Å². The summed E-state index contributed by atoms with van der Waals surface area (Å²) in [7, 11) is 1.61. The number of ether oxygens (including phenoxy) is 1. The molecule has 0 unspecified atom stereocenters. The van der Waals surface area contributed by atoms with E-state index in [1.54, 1.807) is 19.2 Å². The minimum absolute atomic E-state index is 0.141. The number of aromatic hydroxyl groups is 1. The summed E-state index contributed by atoms with van der Waals surface area (Å²) < 4.78 is 5.04. The van der Waals surface area contributed by atoms with Crippen LogP contribution in [-0.4, -0.2) is 18.1 Å². The molecule has 2 rings (SSSR count). The van der Waals surface area contributed by atoms with Crippen LogP contribution >= 0.6 is 0 Å². The third kappa shape index (κ3) is 3.07. The summed E-state index contributed by atoms with van der Waals surface area (Å²) >= 11 is 0. The Kier molecular flexibility index (Phi) is 4.22. The molecule has 0 aliphatic rings. The van der Waals surface area contributed by atoms with Gasteiger partial charge in [0.1, 0.15) is 0 Å². The maximum absolute atomic E-state index is 12.1. The number of hydrogen-bond donors (Lipinski definition) is 3. The van der Waals surface area contributed by atoms with Gasteiger partial charge in [-0.1, -0.05) is 18.2 Å². The van der Waals surface area contributed by atoms with Crippen molar-refractivity contribution < 1.29 is 14.6 Å². The van der Waals surface area contributed by atoms with Crippen LogP contribution in [0.2, 0.25) is 0 Å². The minimum Gasteiger partial charge on any atom is -0.505 e. The number of benzene rings is 2. The van der Waals surface area contributed by atoms with E-state index < -0.39 is 5.91 Å². The zero-order valence-electron chi connectivity index (χ0n) is 11.1. The lowest BCUT2D eigenvalue weighted by molar-refractivity contribution is 0.102. The highest BCUT2D eigenvalue weighted by molar-refractivity contribution is 6.07. The molecule has 0 aliphatic heterocycles. The Bertz CT molecular complexity index is 626. The number of phenolic OH excluding ortho intramolecular Hbond substituents is 1. The average Bonchev–Trinajstić information content (AvgIpc) is 2.42. The fourth-order valence-electron chi connectivity index (χ4n) is 1.85. The molecule has 0 saturated heterocycles. The van der Waals surface area contributed by atoms with Crippen molar-refractivity contribution in [2.75, 3.05) is 18.2 Å². The Morgan fingerprint density at radius 2 is 2.05 bits per heavy atom. The van der Waals surface area contributed by atoms with E-state index in [2.05, 4.69) is 5.32 Å². The molecular weight excluding hydrogens is 256 g/mol. The molecule has 5 nitrogen and oxygen atoms in total. The Labute approximate surface area is 117 Å². The summed E-state index contributed by atoms with van der Waals surface area (Å²) in [6, 6.07) is 12.0. The average molecular weight is 272 g/mol. The van der Waals surface area contributed by atoms with Crippen molar-refractivity contribution in [3.8, 4) is 5.75 Å². The van der Waals surface area contributed by atoms with E-state index in [4.69, 9.17) is 10.5 Å². The van der Waals surface area contributed by atoms with Gasteiger partial charge in [0.25, 0.3) is 5.91 Å². The van der Waals surface area contributed by atoms with Gasteiger partial charge >= 0.3 is 0 Å². The highest BCUT2D eigenvalue weighted by atomic mass is 16.5. The largest absolute Gasteiger partial charge is 0.505 e. The summed E-state index contributed by atoms with van der Waals surface area (Å²) in [5.74, 6) is -0.623. The summed E-state index contributed by atoms with van der Waals surface area (Å²) in [6.45, 7) is 0.466. The number of para-hydroxylation sites is 1. The van der Waals surface area contributed by atoms with Crippen LogP contribution in [0.5, 0.6) is 5.75 Å². The lowest BCUT2D eigenvalue weighted by atomic mass is 10.1. The number of rotatable bonds is 4. The summed E-state index contributed by atoms with van der Waals surface area (Å²) in [5, 5.41) is 12.5. The van der Waals surface area contributed by atoms with Crippen molar-refractivity contribution in [3.05, 3.63) is 53.6 Å². The quantitative estimate of drug-likeness (QED) is 0.589. The second-order valence-electron chi connectivity index (χ2n) is 4.33. The highest BCUT2D eigenvalue weighted by Gasteiger charge is 2.13. The van der Waals surface area contributed by atoms with Crippen LogP contribution in [0.1, 0.15) is 15.9 Å². The normalized spacial score (nSPS) is 10.2. The highest BCUT2D eigenvalue weighted by Crippen LogP contribution is 2.25. The summed E-state index contributed by atoms with van der Waals surface area (Å²) in [5.41, 5.74) is 7.46. The number of carbonyl (C=O) groups excluding carboxylic acids is 1. The van der Waals surface area contributed by atoms with Crippen molar-refractivity contribution in [2.45, 2.75) is 6.61 Å². The Morgan fingerprint density at radius 3 is 2.80 bits per heavy atom. The maximum Gasteiger partial charge on any atom is 0.259 e. The number of hydrogen-bond acceptors (Lipinski definition) is 4. The van der Waals surface area contributed by atoms with Gasteiger partial charge < -0.3 is 20.9 Å². The van der Waals surface area contributed by atoms with Gasteiger partial charge in [0.05, 0.1) is 17.9 Å². The number of nitrogens with two attached hydrogens (primary N) is 1. The van der Waals surface area contributed by atoms with E-state index in [9.17, 15) is 9.90 Å². The van der Waals surface area contributed by atoms with Crippen LogP contribution in [0.4, 0.5) is 11.4 Å². The lowest BCUT2D eigenvalue weighted by Crippen LogP contribution is -2.12. The number of carbonyl (C=O) groups is 1. The van der Waals surface area contributed by atoms with Crippen molar-refractivity contribution >= 4 is 17.3 Å². The van der Waals surface area contributed by atoms with Crippen LogP contribution in [0.3, 0.4) is 0 Å². The third-order valence-corrected chi connectivity index (χ3v) is 2.81. The first kappa shape index (κ1) is 13.9. The summed E-state index contributed by atoms with van der Waals surface area (Å²) in [6.07, 6.45) is 0. The molecule has 5 heteroatoms. The van der Waals surface area contributed by atoms with Crippen molar-refractivity contribution in [2.24, 2.45) is 0 Å². The number of nitrogen functional groups attached to an aromatic ring is 1. The molecule has 1 amide bonds. The first-order valence-electron chi connectivity index (χ1n) is 6.08. The van der Waals surface area contributed by atoms with E-state index in [1.165, 1.54) is 12.1 Å². The molecule has 0 aliphatic carbocycles. The molecule has 0 atom stereocenters. The van der Waals surface area contributed by atoms with Crippen molar-refractivity contribution in [1.29, 1.82) is 0 Å². The summed E-state index contributed by atoms with van der Waals surface area (Å²) in [4.78, 5) is 12.1. The number of phenols is 1. The molecule has 20 heavy (non-hydrogen) atoms. The Balaban J connectivity index is 2.19. The monoisotopic (exact) mass is 272 g/mol. The second kappa shape index (κ2) is 6.08. The van der Waals surface area contributed by atoms with Gasteiger partial charge in [-0.15, -0.1) is 0 Å². The maximum atomic E-state index is 12.1. The molecule has 0 heterocycles. The van der Waals surface area contributed by atoms with Crippen LogP contribution in [-0.2, 0) is 11.3 Å². The fraction of sp³-hybridized carbons (Fsp3) is 0.133. The van der Waals surface area contributed by atoms with Gasteiger partial charge in [-0.3, -0.25) is 4.79 Å². The molecule has 0 aromatic heterocycles. The van der Waals surface area contributed by atoms with E-state index in [0.717, 1.165) is 5.56 Å². The smallest absolute Gasteiger partial charge is 0.259 e. The van der Waals surface area contributed by atoms with E-state index in [-0.39, 0.29) is 17.0 Å². The van der Waals surface area contributed by atoms with Gasteiger partial charge in [-0.2, -0.15) is 0 Å². The molecule has 104 valence electrons. The zero-order valence-corrected chi connectivity index (χ0v) is 11.1. The standard InChI is InChI=1S/C15H16N2O3/c1-20-9-10-4-2-5-11(8-10)17-15(19)12-6-3-7-13(16)14(12)18/h2-8,18H,9,16H2,1H3,(H,17,19). The zero-order chi connectivity index (χ0) is 14.5. The van der Waals surface area contributed by atoms with Gasteiger partial charge in [0.15, 0.2) is 5.75 Å². The molecule has 0 spiro atoms. The molecule has 0 bridgehead atoms. The number of methoxy groups -OCH3 is 1. The minimum atomic E-state index is -0.413. The van der Waals surface area contributed by atoms with E-state index in [1.807, 2.05) is 18.2 Å². The SMILES string of the molecule is COCc1cccc(NC(=O)c2cccc(N)c2O)c1. The van der Waals surface area contributed by atoms with E-state index in [0.29, 0.717) is 12.3 Å².